The van der Waals surface area contributed by atoms with E-state index in [1.165, 1.54) is 13.8 Å². The van der Waals surface area contributed by atoms with Crippen LogP contribution in [-0.4, -0.2) is 46.4 Å². The van der Waals surface area contributed by atoms with Gasteiger partial charge in [-0.25, -0.2) is 13.1 Å². The van der Waals surface area contributed by atoms with E-state index in [0.29, 0.717) is 25.8 Å². The fourth-order valence-corrected chi connectivity index (χ4v) is 5.67. The van der Waals surface area contributed by atoms with Crippen LogP contribution in [0.1, 0.15) is 50.2 Å². The summed E-state index contributed by atoms with van der Waals surface area (Å²) in [5.74, 6) is -1.21. The van der Waals surface area contributed by atoms with Crippen LogP contribution in [0.25, 0.3) is 11.1 Å². The number of primary amides is 1. The van der Waals surface area contributed by atoms with E-state index in [-0.39, 0.29) is 6.42 Å². The van der Waals surface area contributed by atoms with Gasteiger partial charge in [0.2, 0.25) is 10.0 Å². The Morgan fingerprint density at radius 2 is 1.62 bits per heavy atom. The number of sulfonamides is 1. The van der Waals surface area contributed by atoms with Crippen LogP contribution in [0.5, 0.6) is 0 Å². The predicted molar refractivity (Wildman–Crippen MR) is 132 cm³/mol. The Morgan fingerprint density at radius 1 is 1.06 bits per heavy atom. The second kappa shape index (κ2) is 10.2. The monoisotopic (exact) mass is 508 g/mol. The Hall–Kier alpha value is -2.27. The third kappa shape index (κ3) is 6.04. The molecule has 1 fully saturated rings. The van der Waals surface area contributed by atoms with Gasteiger partial charge in [-0.2, -0.15) is 8.42 Å². The zero-order chi connectivity index (χ0) is 25.1. The number of benzene rings is 2. The normalized spacial score (nSPS) is 21.1. The largest absolute Gasteiger partial charge is 0.367 e. The number of hydrogen-bond acceptors (Lipinski definition) is 6. The first-order valence-electron chi connectivity index (χ1n) is 11.2. The number of hydrogen-bond donors (Lipinski definition) is 2. The molecule has 2 unspecified atom stereocenters. The lowest BCUT2D eigenvalue weighted by molar-refractivity contribution is -0.134. The lowest BCUT2D eigenvalue weighted by atomic mass is 9.84. The Labute approximate surface area is 202 Å². The zero-order valence-electron chi connectivity index (χ0n) is 19.7. The molecule has 34 heavy (non-hydrogen) atoms. The Balaban J connectivity index is 1.78. The van der Waals surface area contributed by atoms with Gasteiger partial charge < -0.3 is 5.73 Å². The Kier molecular flexibility index (Phi) is 7.86. The molecule has 0 saturated heterocycles. The lowest BCUT2D eigenvalue weighted by Gasteiger charge is -2.32. The van der Waals surface area contributed by atoms with Gasteiger partial charge in [0.15, 0.2) is 5.60 Å². The second-order valence-electron chi connectivity index (χ2n) is 9.06. The molecule has 8 nitrogen and oxygen atoms in total. The van der Waals surface area contributed by atoms with Crippen LogP contribution >= 0.6 is 0 Å². The molecule has 0 aliphatic heterocycles. The van der Waals surface area contributed by atoms with Crippen molar-refractivity contribution < 1.29 is 25.8 Å². The molecule has 3 N–H and O–H groups in total. The van der Waals surface area contributed by atoms with Crippen LogP contribution in [0.4, 0.5) is 0 Å². The van der Waals surface area contributed by atoms with E-state index < -0.39 is 42.8 Å². The molecule has 0 heterocycles. The number of amides is 1. The summed E-state index contributed by atoms with van der Waals surface area (Å²) in [7, 11) is -7.14. The zero-order valence-corrected chi connectivity index (χ0v) is 21.3. The molecule has 0 radical (unpaired) electrons. The summed E-state index contributed by atoms with van der Waals surface area (Å²) in [5, 5.41) is -0.780. The Morgan fingerprint density at radius 3 is 2.12 bits per heavy atom. The van der Waals surface area contributed by atoms with E-state index in [1.807, 2.05) is 48.5 Å². The van der Waals surface area contributed by atoms with Crippen LogP contribution in [-0.2, 0) is 35.5 Å². The fourth-order valence-electron chi connectivity index (χ4n) is 4.30. The van der Waals surface area contributed by atoms with Gasteiger partial charge in [0.25, 0.3) is 16.0 Å². The SMILES string of the molecule is CC(C)S(=O)(=O)OC1(C(N)=O)CCCC1c1ccc(-c2ccc(CCNS(C)(=O)=O)cc2)cc1. The van der Waals surface area contributed by atoms with E-state index in [2.05, 4.69) is 4.72 Å². The van der Waals surface area contributed by atoms with Crippen molar-refractivity contribution in [2.75, 3.05) is 12.8 Å². The highest BCUT2D eigenvalue weighted by Gasteiger charge is 2.53. The van der Waals surface area contributed by atoms with E-state index in [0.717, 1.165) is 28.5 Å². The van der Waals surface area contributed by atoms with Gasteiger partial charge in [0.1, 0.15) is 0 Å². The molecule has 0 bridgehead atoms. The standard InChI is InChI=1S/C24H32N2O6S2/c1-17(2)34(30,31)32-24(23(25)27)15-4-5-22(24)21-12-10-20(11-13-21)19-8-6-18(7-9-19)14-16-26-33(3,28)29/h6-13,17,22,26H,4-5,14-16H2,1-3H3,(H2,25,27). The number of nitrogens with one attached hydrogen (secondary N) is 1. The van der Waals surface area contributed by atoms with E-state index >= 15 is 0 Å². The van der Waals surface area contributed by atoms with Gasteiger partial charge in [-0.15, -0.1) is 0 Å². The molecule has 0 spiro atoms. The third-order valence-electron chi connectivity index (χ3n) is 6.24. The molecule has 186 valence electrons. The van der Waals surface area contributed by atoms with Crippen molar-refractivity contribution in [3.8, 4) is 11.1 Å². The van der Waals surface area contributed by atoms with E-state index in [9.17, 15) is 21.6 Å². The summed E-state index contributed by atoms with van der Waals surface area (Å²) >= 11 is 0. The van der Waals surface area contributed by atoms with Crippen molar-refractivity contribution >= 4 is 26.0 Å². The Bertz CT molecular complexity index is 1220. The lowest BCUT2D eigenvalue weighted by Crippen LogP contribution is -2.50. The van der Waals surface area contributed by atoms with Crippen LogP contribution in [0.15, 0.2) is 48.5 Å². The van der Waals surface area contributed by atoms with E-state index in [1.54, 1.807) is 0 Å². The molecule has 0 aromatic heterocycles. The summed E-state index contributed by atoms with van der Waals surface area (Å²) in [4.78, 5) is 12.5. The minimum absolute atomic E-state index is 0.260. The predicted octanol–water partition coefficient (Wildman–Crippen LogP) is 2.69. The summed E-state index contributed by atoms with van der Waals surface area (Å²) in [5.41, 5.74) is 7.88. The number of carbonyl (C=O) groups is 1. The average molecular weight is 509 g/mol. The molecule has 10 heteroatoms. The highest BCUT2D eigenvalue weighted by atomic mass is 32.2. The molecule has 1 aliphatic carbocycles. The highest BCUT2D eigenvalue weighted by Crippen LogP contribution is 2.47. The van der Waals surface area contributed by atoms with Gasteiger partial charge in [-0.05, 0) is 61.8 Å². The van der Waals surface area contributed by atoms with Gasteiger partial charge in [-0.1, -0.05) is 48.5 Å². The van der Waals surface area contributed by atoms with Crippen molar-refractivity contribution in [1.82, 2.24) is 4.72 Å². The maximum absolute atomic E-state index is 12.5. The quantitative estimate of drug-likeness (QED) is 0.474. The second-order valence-corrected chi connectivity index (χ2v) is 13.0. The molecule has 1 amide bonds. The first kappa shape index (κ1) is 26.3. The molecule has 2 atom stereocenters. The highest BCUT2D eigenvalue weighted by molar-refractivity contribution is 7.88. The number of rotatable bonds is 10. The van der Waals surface area contributed by atoms with Crippen molar-refractivity contribution in [2.45, 2.75) is 56.3 Å². The van der Waals surface area contributed by atoms with Crippen LogP contribution in [0.3, 0.4) is 0 Å². The molecule has 2 aromatic carbocycles. The van der Waals surface area contributed by atoms with Crippen molar-refractivity contribution in [1.29, 1.82) is 0 Å². The minimum atomic E-state index is -3.93. The molecule has 1 aliphatic rings. The maximum Gasteiger partial charge on any atom is 0.270 e. The summed E-state index contributed by atoms with van der Waals surface area (Å²) in [6.07, 6.45) is 3.22. The molecular formula is C24H32N2O6S2. The molecule has 2 aromatic rings. The van der Waals surface area contributed by atoms with Gasteiger partial charge in [0.05, 0.1) is 11.5 Å². The smallest absolute Gasteiger partial charge is 0.270 e. The van der Waals surface area contributed by atoms with Gasteiger partial charge in [0, 0.05) is 12.5 Å². The summed E-state index contributed by atoms with van der Waals surface area (Å²) in [6, 6.07) is 15.5. The molecule has 3 rings (SSSR count). The number of nitrogens with two attached hydrogens (primary N) is 1. The van der Waals surface area contributed by atoms with Crippen molar-refractivity contribution in [2.24, 2.45) is 5.73 Å². The van der Waals surface area contributed by atoms with E-state index in [4.69, 9.17) is 9.92 Å². The average Bonchev–Trinajstić information content (AvgIpc) is 3.17. The van der Waals surface area contributed by atoms with Gasteiger partial charge >= 0.3 is 0 Å². The summed E-state index contributed by atoms with van der Waals surface area (Å²) < 4.78 is 55.3. The third-order valence-corrected chi connectivity index (χ3v) is 8.65. The minimum Gasteiger partial charge on any atom is -0.367 e. The van der Waals surface area contributed by atoms with Crippen LogP contribution in [0, 0.1) is 0 Å². The van der Waals surface area contributed by atoms with Crippen LogP contribution < -0.4 is 10.5 Å². The first-order chi connectivity index (χ1) is 15.8. The topological polar surface area (TPSA) is 133 Å². The van der Waals surface area contributed by atoms with Crippen LogP contribution in [0.2, 0.25) is 0 Å². The fraction of sp³-hybridized carbons (Fsp3) is 0.458. The maximum atomic E-state index is 12.5. The van der Waals surface area contributed by atoms with Gasteiger partial charge in [-0.3, -0.25) is 8.98 Å². The summed E-state index contributed by atoms with van der Waals surface area (Å²) in [6.45, 7) is 3.36. The van der Waals surface area contributed by atoms with Crippen molar-refractivity contribution in [3.05, 3.63) is 59.7 Å². The number of carbonyl (C=O) groups excluding carboxylic acids is 1. The molecule has 1 saturated carbocycles. The van der Waals surface area contributed by atoms with Crippen molar-refractivity contribution in [3.63, 3.8) is 0 Å². The molecular weight excluding hydrogens is 476 g/mol. The first-order valence-corrected chi connectivity index (χ1v) is 14.6.